The summed E-state index contributed by atoms with van der Waals surface area (Å²) in [5, 5.41) is 1.16. The third-order valence-electron chi connectivity index (χ3n) is 4.31. The molecule has 0 bridgehead atoms. The molecule has 0 radical (unpaired) electrons. The molecule has 1 unspecified atom stereocenters. The SMILES string of the molecule is NC(c1cc2cc(Cc3ccccc3)ccc2o1)C1CC1. The van der Waals surface area contributed by atoms with Crippen LogP contribution in [0.1, 0.15) is 35.8 Å². The fraction of sp³-hybridized carbons (Fsp3) is 0.263. The zero-order valence-corrected chi connectivity index (χ0v) is 12.0. The molecule has 2 N–H and O–H groups in total. The Hall–Kier alpha value is -2.06. The van der Waals surface area contributed by atoms with Crippen LogP contribution in [0.3, 0.4) is 0 Å². The topological polar surface area (TPSA) is 39.2 Å². The Morgan fingerprint density at radius 1 is 1.00 bits per heavy atom. The Morgan fingerprint density at radius 2 is 1.81 bits per heavy atom. The lowest BCUT2D eigenvalue weighted by Gasteiger charge is -2.04. The van der Waals surface area contributed by atoms with Crippen molar-refractivity contribution in [2.24, 2.45) is 11.7 Å². The van der Waals surface area contributed by atoms with E-state index < -0.39 is 0 Å². The number of hydrogen-bond donors (Lipinski definition) is 1. The molecule has 2 heteroatoms. The van der Waals surface area contributed by atoms with Gasteiger partial charge in [0, 0.05) is 5.39 Å². The summed E-state index contributed by atoms with van der Waals surface area (Å²) >= 11 is 0. The van der Waals surface area contributed by atoms with E-state index in [4.69, 9.17) is 10.2 Å². The first-order valence-corrected chi connectivity index (χ1v) is 7.61. The molecule has 21 heavy (non-hydrogen) atoms. The van der Waals surface area contributed by atoms with E-state index in [0.717, 1.165) is 23.2 Å². The summed E-state index contributed by atoms with van der Waals surface area (Å²) in [6.45, 7) is 0. The van der Waals surface area contributed by atoms with E-state index in [1.165, 1.54) is 24.0 Å². The fourth-order valence-electron chi connectivity index (χ4n) is 2.91. The Bertz CT molecular complexity index is 756. The van der Waals surface area contributed by atoms with E-state index in [1.807, 2.05) is 6.07 Å². The third kappa shape index (κ3) is 2.59. The Balaban J connectivity index is 1.63. The van der Waals surface area contributed by atoms with Crippen molar-refractivity contribution in [1.82, 2.24) is 0 Å². The molecule has 0 aliphatic heterocycles. The quantitative estimate of drug-likeness (QED) is 0.766. The lowest BCUT2D eigenvalue weighted by atomic mass is 10.0. The van der Waals surface area contributed by atoms with E-state index in [-0.39, 0.29) is 6.04 Å². The highest BCUT2D eigenvalue weighted by molar-refractivity contribution is 5.79. The van der Waals surface area contributed by atoms with Crippen LogP contribution in [0, 0.1) is 5.92 Å². The van der Waals surface area contributed by atoms with Crippen molar-refractivity contribution in [1.29, 1.82) is 0 Å². The smallest absolute Gasteiger partial charge is 0.134 e. The van der Waals surface area contributed by atoms with Gasteiger partial charge in [-0.25, -0.2) is 0 Å². The van der Waals surface area contributed by atoms with Gasteiger partial charge in [-0.3, -0.25) is 0 Å². The molecule has 0 saturated heterocycles. The largest absolute Gasteiger partial charge is 0.459 e. The molecule has 4 rings (SSSR count). The second kappa shape index (κ2) is 5.05. The van der Waals surface area contributed by atoms with Crippen molar-refractivity contribution in [2.45, 2.75) is 25.3 Å². The first kappa shape index (κ1) is 12.7. The van der Waals surface area contributed by atoms with Gasteiger partial charge in [0.05, 0.1) is 6.04 Å². The Morgan fingerprint density at radius 3 is 2.57 bits per heavy atom. The molecule has 1 aliphatic rings. The van der Waals surface area contributed by atoms with E-state index >= 15 is 0 Å². The predicted octanol–water partition coefficient (Wildman–Crippen LogP) is 4.43. The van der Waals surface area contributed by atoms with Gasteiger partial charge < -0.3 is 10.2 Å². The summed E-state index contributed by atoms with van der Waals surface area (Å²) < 4.78 is 5.91. The second-order valence-corrected chi connectivity index (χ2v) is 6.05. The van der Waals surface area contributed by atoms with E-state index in [1.54, 1.807) is 0 Å². The first-order chi connectivity index (χ1) is 10.3. The van der Waals surface area contributed by atoms with Crippen LogP contribution in [-0.4, -0.2) is 0 Å². The van der Waals surface area contributed by atoms with Gasteiger partial charge in [-0.05, 0) is 54.5 Å². The summed E-state index contributed by atoms with van der Waals surface area (Å²) in [6, 6.07) is 19.1. The Labute approximate surface area is 124 Å². The minimum absolute atomic E-state index is 0.0648. The molecule has 2 nitrogen and oxygen atoms in total. The zero-order valence-electron chi connectivity index (χ0n) is 12.0. The number of rotatable bonds is 4. The fourth-order valence-corrected chi connectivity index (χ4v) is 2.91. The van der Waals surface area contributed by atoms with Crippen LogP contribution in [0.2, 0.25) is 0 Å². The monoisotopic (exact) mass is 277 g/mol. The third-order valence-corrected chi connectivity index (χ3v) is 4.31. The van der Waals surface area contributed by atoms with Crippen LogP contribution in [0.4, 0.5) is 0 Å². The summed E-state index contributed by atoms with van der Waals surface area (Å²) in [5.74, 6) is 1.55. The van der Waals surface area contributed by atoms with Gasteiger partial charge in [0.1, 0.15) is 11.3 Å². The maximum absolute atomic E-state index is 6.23. The number of benzene rings is 2. The zero-order chi connectivity index (χ0) is 14.2. The molecule has 0 spiro atoms. The van der Waals surface area contributed by atoms with Crippen molar-refractivity contribution in [3.05, 3.63) is 71.5 Å². The summed E-state index contributed by atoms with van der Waals surface area (Å²) in [4.78, 5) is 0. The number of hydrogen-bond acceptors (Lipinski definition) is 2. The average molecular weight is 277 g/mol. The van der Waals surface area contributed by atoms with Crippen LogP contribution in [0.5, 0.6) is 0 Å². The maximum Gasteiger partial charge on any atom is 0.134 e. The molecule has 1 heterocycles. The second-order valence-electron chi connectivity index (χ2n) is 6.05. The van der Waals surface area contributed by atoms with Crippen molar-refractivity contribution < 1.29 is 4.42 Å². The van der Waals surface area contributed by atoms with E-state index in [0.29, 0.717) is 5.92 Å². The lowest BCUT2D eigenvalue weighted by molar-refractivity contribution is 0.467. The summed E-state index contributed by atoms with van der Waals surface area (Å²) in [6.07, 6.45) is 3.42. The standard InChI is InChI=1S/C19H19NO/c20-19(15-7-8-15)18-12-16-11-14(6-9-17(16)21-18)10-13-4-2-1-3-5-13/h1-6,9,11-12,15,19H,7-8,10,20H2. The molecular formula is C19H19NO. The van der Waals surface area contributed by atoms with E-state index in [2.05, 4.69) is 48.5 Å². The molecule has 1 atom stereocenters. The minimum atomic E-state index is 0.0648. The highest BCUT2D eigenvalue weighted by atomic mass is 16.3. The highest BCUT2D eigenvalue weighted by Crippen LogP contribution is 2.40. The van der Waals surface area contributed by atoms with Crippen molar-refractivity contribution in [3.63, 3.8) is 0 Å². The van der Waals surface area contributed by atoms with E-state index in [9.17, 15) is 0 Å². The van der Waals surface area contributed by atoms with Crippen LogP contribution in [0.15, 0.2) is 59.0 Å². The number of furan rings is 1. The normalized spacial score (nSPS) is 16.2. The van der Waals surface area contributed by atoms with Crippen molar-refractivity contribution in [3.8, 4) is 0 Å². The first-order valence-electron chi connectivity index (χ1n) is 7.61. The summed E-state index contributed by atoms with van der Waals surface area (Å²) in [5.41, 5.74) is 9.81. The van der Waals surface area contributed by atoms with Gasteiger partial charge in [0.2, 0.25) is 0 Å². The minimum Gasteiger partial charge on any atom is -0.459 e. The highest BCUT2D eigenvalue weighted by Gasteiger charge is 2.31. The summed E-state index contributed by atoms with van der Waals surface area (Å²) in [7, 11) is 0. The molecule has 1 fully saturated rings. The number of fused-ring (bicyclic) bond motifs is 1. The van der Waals surface area contributed by atoms with Crippen LogP contribution in [0.25, 0.3) is 11.0 Å². The maximum atomic E-state index is 6.23. The van der Waals surface area contributed by atoms with Crippen molar-refractivity contribution in [2.75, 3.05) is 0 Å². The van der Waals surface area contributed by atoms with Gasteiger partial charge in [-0.15, -0.1) is 0 Å². The molecule has 0 amide bonds. The molecule has 1 saturated carbocycles. The van der Waals surface area contributed by atoms with Crippen LogP contribution in [-0.2, 0) is 6.42 Å². The number of nitrogens with two attached hydrogens (primary N) is 1. The van der Waals surface area contributed by atoms with Gasteiger partial charge in [-0.1, -0.05) is 36.4 Å². The van der Waals surface area contributed by atoms with Crippen molar-refractivity contribution >= 4 is 11.0 Å². The molecule has 1 aliphatic carbocycles. The van der Waals surface area contributed by atoms with Crippen LogP contribution >= 0.6 is 0 Å². The van der Waals surface area contributed by atoms with Gasteiger partial charge in [0.25, 0.3) is 0 Å². The van der Waals surface area contributed by atoms with Gasteiger partial charge in [0.15, 0.2) is 0 Å². The molecule has 3 aromatic rings. The molecule has 106 valence electrons. The average Bonchev–Trinajstić information content (AvgIpc) is 3.27. The van der Waals surface area contributed by atoms with Crippen LogP contribution < -0.4 is 5.73 Å². The molecule has 2 aromatic carbocycles. The predicted molar refractivity (Wildman–Crippen MR) is 85.1 cm³/mol. The van der Waals surface area contributed by atoms with Gasteiger partial charge >= 0.3 is 0 Å². The molecular weight excluding hydrogens is 258 g/mol. The lowest BCUT2D eigenvalue weighted by Crippen LogP contribution is -2.10. The van der Waals surface area contributed by atoms with Gasteiger partial charge in [-0.2, -0.15) is 0 Å². The molecule has 1 aromatic heterocycles. The Kier molecular flexibility index (Phi) is 3.04.